The van der Waals surface area contributed by atoms with Gasteiger partial charge in [-0.05, 0) is 24.1 Å². The highest BCUT2D eigenvalue weighted by atomic mass is 16.5. The van der Waals surface area contributed by atoms with Crippen LogP contribution < -0.4 is 10.6 Å². The summed E-state index contributed by atoms with van der Waals surface area (Å²) in [7, 11) is 0. The number of nitrogens with zero attached hydrogens (tertiary/aromatic N) is 3. The van der Waals surface area contributed by atoms with Crippen LogP contribution in [0.4, 0.5) is 10.5 Å². The zero-order valence-corrected chi connectivity index (χ0v) is 16.6. The van der Waals surface area contributed by atoms with Gasteiger partial charge in [-0.15, -0.1) is 0 Å². The van der Waals surface area contributed by atoms with Gasteiger partial charge in [0.05, 0.1) is 26.4 Å². The molecule has 8 heteroatoms. The van der Waals surface area contributed by atoms with Gasteiger partial charge >= 0.3 is 6.03 Å². The number of nitrogens with one attached hydrogen (secondary N) is 2. The van der Waals surface area contributed by atoms with Crippen LogP contribution in [0.2, 0.25) is 0 Å². The van der Waals surface area contributed by atoms with Crippen molar-refractivity contribution in [3.8, 4) is 0 Å². The SMILES string of the molecule is O=C(NC[C@@H]([C@@H]1CCOC1)N1CCOCC1)Nc1ccccc1Cn1cccn1. The molecule has 0 radical (unpaired) electrons. The number of carbonyl (C=O) groups excluding carboxylic acids is 1. The van der Waals surface area contributed by atoms with Gasteiger partial charge in [0, 0.05) is 56.3 Å². The number of benzene rings is 1. The van der Waals surface area contributed by atoms with E-state index >= 15 is 0 Å². The predicted molar refractivity (Wildman–Crippen MR) is 110 cm³/mol. The monoisotopic (exact) mass is 399 g/mol. The minimum Gasteiger partial charge on any atom is -0.381 e. The molecule has 0 bridgehead atoms. The average Bonchev–Trinajstić information content (AvgIpc) is 3.45. The number of morpholine rings is 1. The van der Waals surface area contributed by atoms with Gasteiger partial charge in [-0.3, -0.25) is 9.58 Å². The van der Waals surface area contributed by atoms with E-state index in [-0.39, 0.29) is 12.1 Å². The van der Waals surface area contributed by atoms with Crippen LogP contribution in [-0.4, -0.2) is 72.8 Å². The predicted octanol–water partition coefficient (Wildman–Crippen LogP) is 1.79. The average molecular weight is 399 g/mol. The number of aromatic nitrogens is 2. The second-order valence-electron chi connectivity index (χ2n) is 7.54. The van der Waals surface area contributed by atoms with Gasteiger partial charge in [0.25, 0.3) is 0 Å². The van der Waals surface area contributed by atoms with Crippen LogP contribution in [0.1, 0.15) is 12.0 Å². The number of carbonyl (C=O) groups is 1. The molecule has 29 heavy (non-hydrogen) atoms. The second-order valence-corrected chi connectivity index (χ2v) is 7.54. The maximum absolute atomic E-state index is 12.7. The van der Waals surface area contributed by atoms with Gasteiger partial charge in [-0.25, -0.2) is 4.79 Å². The first-order chi connectivity index (χ1) is 14.3. The number of amides is 2. The number of para-hydroxylation sites is 1. The normalized spacial score (nSPS) is 21.0. The lowest BCUT2D eigenvalue weighted by atomic mass is 9.97. The van der Waals surface area contributed by atoms with Crippen molar-refractivity contribution >= 4 is 11.7 Å². The van der Waals surface area contributed by atoms with Crippen LogP contribution >= 0.6 is 0 Å². The molecule has 0 saturated carbocycles. The number of hydrogen-bond donors (Lipinski definition) is 2. The Bertz CT molecular complexity index is 770. The van der Waals surface area contributed by atoms with Crippen molar-refractivity contribution in [3.05, 3.63) is 48.3 Å². The van der Waals surface area contributed by atoms with Crippen molar-refractivity contribution in [1.29, 1.82) is 0 Å². The highest BCUT2D eigenvalue weighted by Crippen LogP contribution is 2.22. The molecule has 4 rings (SSSR count). The van der Waals surface area contributed by atoms with Crippen molar-refractivity contribution in [1.82, 2.24) is 20.0 Å². The molecule has 8 nitrogen and oxygen atoms in total. The Labute approximate surface area is 171 Å². The van der Waals surface area contributed by atoms with Crippen molar-refractivity contribution < 1.29 is 14.3 Å². The van der Waals surface area contributed by atoms with Gasteiger partial charge < -0.3 is 20.1 Å². The fourth-order valence-electron chi connectivity index (χ4n) is 4.07. The van der Waals surface area contributed by atoms with Crippen molar-refractivity contribution in [2.24, 2.45) is 5.92 Å². The number of urea groups is 1. The Morgan fingerprint density at radius 2 is 2.03 bits per heavy atom. The Morgan fingerprint density at radius 3 is 2.79 bits per heavy atom. The van der Waals surface area contributed by atoms with Gasteiger partial charge in [-0.2, -0.15) is 5.10 Å². The minimum absolute atomic E-state index is 0.185. The molecule has 3 heterocycles. The minimum atomic E-state index is -0.185. The van der Waals surface area contributed by atoms with Crippen LogP contribution in [0.3, 0.4) is 0 Å². The van der Waals surface area contributed by atoms with E-state index in [1.165, 1.54) is 0 Å². The summed E-state index contributed by atoms with van der Waals surface area (Å²) in [6.07, 6.45) is 4.70. The Kier molecular flexibility index (Phi) is 6.76. The van der Waals surface area contributed by atoms with E-state index in [2.05, 4.69) is 20.6 Å². The van der Waals surface area contributed by atoms with E-state index < -0.39 is 0 Å². The molecule has 2 fully saturated rings. The first-order valence-corrected chi connectivity index (χ1v) is 10.3. The molecule has 2 aliphatic heterocycles. The van der Waals surface area contributed by atoms with E-state index in [0.29, 0.717) is 19.0 Å². The molecule has 1 aromatic carbocycles. The molecule has 2 saturated heterocycles. The summed E-state index contributed by atoms with van der Waals surface area (Å²) in [5.41, 5.74) is 1.81. The fourth-order valence-corrected chi connectivity index (χ4v) is 4.07. The van der Waals surface area contributed by atoms with Crippen LogP contribution in [0.25, 0.3) is 0 Å². The molecule has 156 valence electrons. The summed E-state index contributed by atoms with van der Waals surface area (Å²) in [6.45, 7) is 6.07. The Morgan fingerprint density at radius 1 is 1.17 bits per heavy atom. The molecular formula is C21H29N5O3. The lowest BCUT2D eigenvalue weighted by Gasteiger charge is -2.37. The van der Waals surface area contributed by atoms with Crippen LogP contribution in [0.15, 0.2) is 42.7 Å². The van der Waals surface area contributed by atoms with Crippen molar-refractivity contribution in [2.75, 3.05) is 51.4 Å². The lowest BCUT2D eigenvalue weighted by Crippen LogP contribution is -2.52. The third-order valence-corrected chi connectivity index (χ3v) is 5.65. The van der Waals surface area contributed by atoms with Crippen molar-refractivity contribution in [2.45, 2.75) is 19.0 Å². The fraction of sp³-hybridized carbons (Fsp3) is 0.524. The Hall–Kier alpha value is -2.42. The summed E-state index contributed by atoms with van der Waals surface area (Å²) in [4.78, 5) is 15.1. The van der Waals surface area contributed by atoms with E-state index in [1.54, 1.807) is 6.20 Å². The first kappa shape index (κ1) is 19.9. The maximum Gasteiger partial charge on any atom is 0.319 e. The molecule has 0 unspecified atom stereocenters. The zero-order chi connectivity index (χ0) is 19.9. The zero-order valence-electron chi connectivity index (χ0n) is 16.6. The number of anilines is 1. The topological polar surface area (TPSA) is 80.6 Å². The van der Waals surface area contributed by atoms with Crippen molar-refractivity contribution in [3.63, 3.8) is 0 Å². The summed E-state index contributed by atoms with van der Waals surface area (Å²) in [6, 6.07) is 9.79. The van der Waals surface area contributed by atoms with Gasteiger partial charge in [-0.1, -0.05) is 18.2 Å². The third kappa shape index (κ3) is 5.35. The van der Waals surface area contributed by atoms with E-state index in [4.69, 9.17) is 9.47 Å². The highest BCUT2D eigenvalue weighted by Gasteiger charge is 2.31. The molecule has 2 atom stereocenters. The standard InChI is InChI=1S/C21H29N5O3/c27-21(24-19-5-2-1-4-17(19)15-26-8-3-7-23-26)22-14-20(18-6-11-29-16-18)25-9-12-28-13-10-25/h1-5,7-8,18,20H,6,9-16H2,(H2,22,24,27)/t18-,20+/m1/s1. The second kappa shape index (κ2) is 9.87. The highest BCUT2D eigenvalue weighted by molar-refractivity contribution is 5.90. The molecule has 2 aromatic rings. The largest absolute Gasteiger partial charge is 0.381 e. The van der Waals surface area contributed by atoms with Gasteiger partial charge in [0.2, 0.25) is 0 Å². The summed E-state index contributed by atoms with van der Waals surface area (Å²) in [5.74, 6) is 0.445. The molecular weight excluding hydrogens is 370 g/mol. The van der Waals surface area contributed by atoms with E-state index in [0.717, 1.165) is 57.2 Å². The number of rotatable bonds is 7. The smallest absolute Gasteiger partial charge is 0.319 e. The van der Waals surface area contributed by atoms with Gasteiger partial charge in [0.15, 0.2) is 0 Å². The van der Waals surface area contributed by atoms with Crippen LogP contribution in [0.5, 0.6) is 0 Å². The molecule has 0 aliphatic carbocycles. The van der Waals surface area contributed by atoms with Crippen LogP contribution in [0, 0.1) is 5.92 Å². The third-order valence-electron chi connectivity index (χ3n) is 5.65. The first-order valence-electron chi connectivity index (χ1n) is 10.3. The molecule has 2 N–H and O–H groups in total. The number of ether oxygens (including phenoxy) is 2. The molecule has 1 aromatic heterocycles. The summed E-state index contributed by atoms with van der Waals surface area (Å²) >= 11 is 0. The molecule has 2 aliphatic rings. The summed E-state index contributed by atoms with van der Waals surface area (Å²) < 4.78 is 12.9. The Balaban J connectivity index is 1.36. The van der Waals surface area contributed by atoms with E-state index in [9.17, 15) is 4.79 Å². The lowest BCUT2D eigenvalue weighted by molar-refractivity contribution is 0.00222. The van der Waals surface area contributed by atoms with Gasteiger partial charge in [0.1, 0.15) is 0 Å². The summed E-state index contributed by atoms with van der Waals surface area (Å²) in [5, 5.41) is 10.3. The van der Waals surface area contributed by atoms with E-state index in [1.807, 2.05) is 41.2 Å². The molecule has 2 amide bonds. The quantitative estimate of drug-likeness (QED) is 0.742. The molecule has 0 spiro atoms. The number of hydrogen-bond acceptors (Lipinski definition) is 5. The maximum atomic E-state index is 12.7. The van der Waals surface area contributed by atoms with Crippen LogP contribution in [-0.2, 0) is 16.0 Å².